The molecule has 0 aliphatic carbocycles. The maximum Gasteiger partial charge on any atom is 0.253 e. The predicted octanol–water partition coefficient (Wildman–Crippen LogP) is 3.17. The number of fused-ring (bicyclic) bond motifs is 1. The number of carbonyl (C=O) groups excluding carboxylic acids is 1. The van der Waals surface area contributed by atoms with Gasteiger partial charge in [-0.3, -0.25) is 9.48 Å². The van der Waals surface area contributed by atoms with Gasteiger partial charge in [0, 0.05) is 35.9 Å². The van der Waals surface area contributed by atoms with Gasteiger partial charge in [-0.25, -0.2) is 4.39 Å². The minimum Gasteiger partial charge on any atom is -0.360 e. The number of carbonyl (C=O) groups is 1. The number of aromatic amines is 1. The van der Waals surface area contributed by atoms with Gasteiger partial charge in [-0.05, 0) is 24.1 Å². The number of H-pyrrole nitrogens is 1. The van der Waals surface area contributed by atoms with Crippen molar-refractivity contribution in [1.82, 2.24) is 20.1 Å². The summed E-state index contributed by atoms with van der Waals surface area (Å²) in [7, 11) is 1.84. The molecule has 3 rings (SSSR count). The quantitative estimate of drug-likeness (QED) is 0.777. The van der Waals surface area contributed by atoms with Crippen molar-refractivity contribution in [2.75, 3.05) is 0 Å². The van der Waals surface area contributed by atoms with Gasteiger partial charge in [0.05, 0.1) is 17.8 Å². The van der Waals surface area contributed by atoms with Gasteiger partial charge in [0.15, 0.2) is 0 Å². The van der Waals surface area contributed by atoms with Crippen LogP contribution in [0.3, 0.4) is 0 Å². The third-order valence-electron chi connectivity index (χ3n) is 3.93. The molecule has 0 fully saturated rings. The first-order chi connectivity index (χ1) is 11.0. The van der Waals surface area contributed by atoms with Crippen molar-refractivity contribution in [3.05, 3.63) is 53.7 Å². The highest BCUT2D eigenvalue weighted by atomic mass is 19.1. The molecule has 0 aliphatic heterocycles. The molecule has 0 radical (unpaired) electrons. The summed E-state index contributed by atoms with van der Waals surface area (Å²) < 4.78 is 15.0. The van der Waals surface area contributed by atoms with Crippen LogP contribution in [0.4, 0.5) is 4.39 Å². The summed E-state index contributed by atoms with van der Waals surface area (Å²) in [5.41, 5.74) is 2.08. The van der Waals surface area contributed by atoms with E-state index in [1.54, 1.807) is 23.1 Å². The van der Waals surface area contributed by atoms with Gasteiger partial charge in [0.25, 0.3) is 5.91 Å². The number of nitrogens with one attached hydrogen (secondary N) is 2. The van der Waals surface area contributed by atoms with Gasteiger partial charge < -0.3 is 10.3 Å². The molecule has 0 saturated carbocycles. The number of hydrogen-bond donors (Lipinski definition) is 2. The SMILES string of the molecule is CC(C)C(NC(=O)c1c[nH]c2cc(F)ccc12)c1cnn(C)c1. The molecule has 0 aliphatic rings. The minimum atomic E-state index is -0.332. The Kier molecular flexibility index (Phi) is 3.90. The van der Waals surface area contributed by atoms with E-state index in [2.05, 4.69) is 15.4 Å². The van der Waals surface area contributed by atoms with Crippen LogP contribution in [0.2, 0.25) is 0 Å². The second-order valence-electron chi connectivity index (χ2n) is 6.03. The van der Waals surface area contributed by atoms with E-state index in [0.717, 1.165) is 5.56 Å². The molecule has 2 heterocycles. The number of aromatic nitrogens is 3. The Morgan fingerprint density at radius 3 is 2.83 bits per heavy atom. The monoisotopic (exact) mass is 314 g/mol. The number of nitrogens with zero attached hydrogens (tertiary/aromatic N) is 2. The number of aryl methyl sites for hydroxylation is 1. The lowest BCUT2D eigenvalue weighted by Crippen LogP contribution is -2.31. The molecule has 3 aromatic rings. The van der Waals surface area contributed by atoms with E-state index in [4.69, 9.17) is 0 Å². The number of amides is 1. The first-order valence-corrected chi connectivity index (χ1v) is 7.51. The average molecular weight is 314 g/mol. The van der Waals surface area contributed by atoms with Crippen LogP contribution >= 0.6 is 0 Å². The molecular weight excluding hydrogens is 295 g/mol. The van der Waals surface area contributed by atoms with Crippen LogP contribution in [0.25, 0.3) is 10.9 Å². The Morgan fingerprint density at radius 2 is 2.17 bits per heavy atom. The second-order valence-corrected chi connectivity index (χ2v) is 6.03. The van der Waals surface area contributed by atoms with E-state index in [0.29, 0.717) is 16.5 Å². The van der Waals surface area contributed by atoms with Crippen LogP contribution in [0.5, 0.6) is 0 Å². The van der Waals surface area contributed by atoms with Crippen LogP contribution < -0.4 is 5.32 Å². The third-order valence-corrected chi connectivity index (χ3v) is 3.93. The summed E-state index contributed by atoms with van der Waals surface area (Å²) in [6.07, 6.45) is 5.27. The Hall–Kier alpha value is -2.63. The second kappa shape index (κ2) is 5.87. The highest BCUT2D eigenvalue weighted by molar-refractivity contribution is 6.06. The molecule has 6 heteroatoms. The summed E-state index contributed by atoms with van der Waals surface area (Å²) in [4.78, 5) is 15.6. The molecule has 5 nitrogen and oxygen atoms in total. The van der Waals surface area contributed by atoms with E-state index in [9.17, 15) is 9.18 Å². The van der Waals surface area contributed by atoms with Crippen molar-refractivity contribution in [3.63, 3.8) is 0 Å². The molecule has 1 atom stereocenters. The van der Waals surface area contributed by atoms with Crippen LogP contribution in [-0.4, -0.2) is 20.7 Å². The van der Waals surface area contributed by atoms with Gasteiger partial charge >= 0.3 is 0 Å². The maximum atomic E-state index is 13.3. The number of halogens is 1. The third kappa shape index (κ3) is 2.97. The van der Waals surface area contributed by atoms with Crippen molar-refractivity contribution in [3.8, 4) is 0 Å². The van der Waals surface area contributed by atoms with Gasteiger partial charge in [-0.15, -0.1) is 0 Å². The molecular formula is C17H19FN4O. The summed E-state index contributed by atoms with van der Waals surface area (Å²) in [5, 5.41) is 7.92. The predicted molar refractivity (Wildman–Crippen MR) is 86.5 cm³/mol. The van der Waals surface area contributed by atoms with Crippen molar-refractivity contribution in [1.29, 1.82) is 0 Å². The van der Waals surface area contributed by atoms with Crippen molar-refractivity contribution < 1.29 is 9.18 Å². The van der Waals surface area contributed by atoms with E-state index >= 15 is 0 Å². The summed E-state index contributed by atoms with van der Waals surface area (Å²) >= 11 is 0. The maximum absolute atomic E-state index is 13.3. The zero-order valence-electron chi connectivity index (χ0n) is 13.3. The van der Waals surface area contributed by atoms with Crippen molar-refractivity contribution in [2.24, 2.45) is 13.0 Å². The molecule has 120 valence electrons. The molecule has 2 aromatic heterocycles. The van der Waals surface area contributed by atoms with Crippen molar-refractivity contribution >= 4 is 16.8 Å². The van der Waals surface area contributed by atoms with Gasteiger partial charge in [0.2, 0.25) is 0 Å². The Morgan fingerprint density at radius 1 is 1.39 bits per heavy atom. The van der Waals surface area contributed by atoms with Crippen LogP contribution in [0.15, 0.2) is 36.8 Å². The Balaban J connectivity index is 1.89. The fourth-order valence-corrected chi connectivity index (χ4v) is 2.74. The zero-order valence-corrected chi connectivity index (χ0v) is 13.3. The molecule has 0 spiro atoms. The van der Waals surface area contributed by atoms with E-state index < -0.39 is 0 Å². The first-order valence-electron chi connectivity index (χ1n) is 7.51. The van der Waals surface area contributed by atoms with Gasteiger partial charge in [-0.1, -0.05) is 13.8 Å². The molecule has 1 aromatic carbocycles. The smallest absolute Gasteiger partial charge is 0.253 e. The van der Waals surface area contributed by atoms with E-state index in [1.807, 2.05) is 27.1 Å². The standard InChI is InChI=1S/C17H19FN4O/c1-10(2)16(11-7-20-22(3)9-11)21-17(23)14-8-19-15-6-12(18)4-5-13(14)15/h4-10,16,19H,1-3H3,(H,21,23). The van der Waals surface area contributed by atoms with Gasteiger partial charge in [0.1, 0.15) is 5.82 Å². The first kappa shape index (κ1) is 15.3. The van der Waals surface area contributed by atoms with Gasteiger partial charge in [-0.2, -0.15) is 5.10 Å². The Labute approximate surface area is 133 Å². The Bertz CT molecular complexity index is 849. The molecule has 0 bridgehead atoms. The van der Waals surface area contributed by atoms with E-state index in [-0.39, 0.29) is 23.7 Å². The summed E-state index contributed by atoms with van der Waals surface area (Å²) in [6.45, 7) is 4.09. The van der Waals surface area contributed by atoms with E-state index in [1.165, 1.54) is 12.1 Å². The number of hydrogen-bond acceptors (Lipinski definition) is 2. The normalized spacial score (nSPS) is 12.7. The van der Waals surface area contributed by atoms with Crippen LogP contribution in [0.1, 0.15) is 35.8 Å². The zero-order chi connectivity index (χ0) is 16.6. The highest BCUT2D eigenvalue weighted by Gasteiger charge is 2.22. The lowest BCUT2D eigenvalue weighted by atomic mass is 9.98. The van der Waals surface area contributed by atoms with Crippen molar-refractivity contribution in [2.45, 2.75) is 19.9 Å². The van der Waals surface area contributed by atoms with Crippen LogP contribution in [-0.2, 0) is 7.05 Å². The molecule has 2 N–H and O–H groups in total. The largest absolute Gasteiger partial charge is 0.360 e. The minimum absolute atomic E-state index is 0.137. The number of rotatable bonds is 4. The molecule has 1 amide bonds. The topological polar surface area (TPSA) is 62.7 Å². The lowest BCUT2D eigenvalue weighted by molar-refractivity contribution is 0.0927. The fourth-order valence-electron chi connectivity index (χ4n) is 2.74. The van der Waals surface area contributed by atoms with Crippen LogP contribution in [0, 0.1) is 11.7 Å². The summed E-state index contributed by atoms with van der Waals surface area (Å²) in [5.74, 6) is -0.307. The molecule has 23 heavy (non-hydrogen) atoms. The summed E-state index contributed by atoms with van der Waals surface area (Å²) in [6, 6.07) is 4.22. The molecule has 1 unspecified atom stereocenters. The lowest BCUT2D eigenvalue weighted by Gasteiger charge is -2.21. The fraction of sp³-hybridized carbons (Fsp3) is 0.294. The number of benzene rings is 1. The average Bonchev–Trinajstić information content (AvgIpc) is 3.10. The molecule has 0 saturated heterocycles. The highest BCUT2D eigenvalue weighted by Crippen LogP contribution is 2.24.